The molecule has 32 heteroatoms. The van der Waals surface area contributed by atoms with Crippen LogP contribution in [0.3, 0.4) is 0 Å². The number of aromatic nitrogens is 8. The fraction of sp³-hybridized carbons (Fsp3) is 0.735. The van der Waals surface area contributed by atoms with Crippen molar-refractivity contribution in [3.63, 3.8) is 0 Å². The molecule has 5 saturated heterocycles. The van der Waals surface area contributed by atoms with Gasteiger partial charge in [-0.1, -0.05) is 50.5 Å². The summed E-state index contributed by atoms with van der Waals surface area (Å²) in [7, 11) is 0. The Morgan fingerprint density at radius 1 is 0.620 bits per heavy atom. The summed E-state index contributed by atoms with van der Waals surface area (Å²) in [5.74, 6) is 2.93. The first-order valence-corrected chi connectivity index (χ1v) is 36.5. The molecule has 5 aliphatic heterocycles. The van der Waals surface area contributed by atoms with Crippen LogP contribution in [0.25, 0.3) is 22.8 Å². The summed E-state index contributed by atoms with van der Waals surface area (Å²) in [5, 5.41) is 20.6. The van der Waals surface area contributed by atoms with Gasteiger partial charge in [0.15, 0.2) is 24.2 Å². The van der Waals surface area contributed by atoms with Gasteiger partial charge in [-0.05, 0) is 128 Å². The van der Waals surface area contributed by atoms with Gasteiger partial charge in [-0.3, -0.25) is 49.0 Å². The fourth-order valence-corrected chi connectivity index (χ4v) is 9.73. The number of aldehydes is 1. The summed E-state index contributed by atoms with van der Waals surface area (Å²) in [4.78, 5) is 71.8. The maximum Gasteiger partial charge on any atom is 1.00 e. The van der Waals surface area contributed by atoms with Crippen molar-refractivity contribution in [1.29, 1.82) is 0 Å². The van der Waals surface area contributed by atoms with E-state index >= 15 is 0 Å². The van der Waals surface area contributed by atoms with Gasteiger partial charge < -0.3 is 63.9 Å². The minimum absolute atomic E-state index is 0. The van der Waals surface area contributed by atoms with Gasteiger partial charge in [0.25, 0.3) is 6.47 Å². The van der Waals surface area contributed by atoms with Crippen molar-refractivity contribution in [2.45, 2.75) is 133 Å². The zero-order valence-electron chi connectivity index (χ0n) is 63.3. The van der Waals surface area contributed by atoms with Gasteiger partial charge in [-0.15, -0.1) is 5.10 Å². The van der Waals surface area contributed by atoms with Crippen LogP contribution in [0.15, 0.2) is 49.1 Å². The Kier molecular flexibility index (Phi) is 72.1. The number of nitrogens with one attached hydrogen (secondary N) is 1. The molecule has 0 atom stereocenters. The normalized spacial score (nSPS) is 15.3. The van der Waals surface area contributed by atoms with E-state index in [0.717, 1.165) is 204 Å². The Hall–Kier alpha value is -1.50. The number of rotatable bonds is 29. The molecule has 0 aromatic carbocycles. The maximum absolute atomic E-state index is 12.2. The summed E-state index contributed by atoms with van der Waals surface area (Å²) in [6, 6.07) is 7.61. The molecule has 1 N–H and O–H groups in total. The number of carbonyl (C=O) groups is 4. The van der Waals surface area contributed by atoms with Crippen molar-refractivity contribution in [2.24, 2.45) is 0 Å². The Labute approximate surface area is 696 Å². The minimum Gasteiger partial charge on any atom is -1.00 e. The molecule has 5 aliphatic rings. The van der Waals surface area contributed by atoms with Gasteiger partial charge in [-0.2, -0.15) is 9.78 Å². The van der Waals surface area contributed by atoms with E-state index in [-0.39, 0.29) is 134 Å². The predicted molar refractivity (Wildman–Crippen MR) is 381 cm³/mol. The third kappa shape index (κ3) is 52.5. The molecule has 0 aliphatic carbocycles. The molecule has 0 spiro atoms. The molecule has 0 unspecified atom stereocenters. The first kappa shape index (κ1) is 101. The maximum atomic E-state index is 12.2. The molecule has 0 saturated carbocycles. The average Bonchev–Trinajstić information content (AvgIpc) is 1.68. The predicted octanol–water partition coefficient (Wildman–Crippen LogP) is 1.05. The number of pyridine rings is 2. The first-order chi connectivity index (χ1) is 47.9. The number of hydrogen-bond donors (Lipinski definition) is 1. The van der Waals surface area contributed by atoms with Crippen LogP contribution < -0.4 is 108 Å². The Morgan fingerprint density at radius 2 is 1.05 bits per heavy atom. The Balaban J connectivity index is -0.00000113. The van der Waals surface area contributed by atoms with E-state index in [9.17, 15) is 14.4 Å². The topological polar surface area (TPSA) is 298 Å². The molecule has 562 valence electrons. The van der Waals surface area contributed by atoms with Gasteiger partial charge in [0, 0.05) is 160 Å². The summed E-state index contributed by atoms with van der Waals surface area (Å²) in [6.07, 6.45) is 16.2. The van der Waals surface area contributed by atoms with Gasteiger partial charge in [0.2, 0.25) is 11.1 Å². The van der Waals surface area contributed by atoms with Crippen molar-refractivity contribution in [2.75, 3.05) is 196 Å². The fourth-order valence-electron chi connectivity index (χ4n) is 9.36. The zero-order chi connectivity index (χ0) is 71.9. The van der Waals surface area contributed by atoms with Crippen molar-refractivity contribution >= 4 is 51.4 Å². The average molecular weight is 1550 g/mol. The summed E-state index contributed by atoms with van der Waals surface area (Å²) >= 11 is 8.09. The second-order valence-electron chi connectivity index (χ2n) is 21.7. The van der Waals surface area contributed by atoms with Crippen molar-refractivity contribution in [3.05, 3.63) is 60.7 Å². The van der Waals surface area contributed by atoms with Crippen LogP contribution >= 0.6 is 27.5 Å². The first-order valence-electron chi connectivity index (χ1n) is 35.0. The number of alkyl halides is 1. The number of halogens is 2. The number of hydrogen-bond acceptors (Lipinski definition) is 26. The van der Waals surface area contributed by atoms with Crippen LogP contribution in [-0.4, -0.2) is 297 Å². The second-order valence-corrected chi connectivity index (χ2v) is 22.8. The van der Waals surface area contributed by atoms with E-state index in [1.807, 2.05) is 58.9 Å². The molecule has 100 heavy (non-hydrogen) atoms. The van der Waals surface area contributed by atoms with E-state index in [1.165, 1.54) is 43.6 Å². The molecule has 0 radical (unpaired) electrons. The molecule has 4 aromatic rings. The van der Waals surface area contributed by atoms with Crippen LogP contribution in [0, 0.1) is 0 Å². The summed E-state index contributed by atoms with van der Waals surface area (Å²) in [5.41, 5.74) is 1.78. The molecular weight excluding hydrogens is 1430 g/mol. The molecule has 0 amide bonds. The van der Waals surface area contributed by atoms with Gasteiger partial charge in [0.05, 0.1) is 64.7 Å². The standard InChI is InChI=1S/C17H23N5O2.C14H19N5O.C10H21NO3.C6H13BrO2.C6H11NO2.C6H15N.C5H10O.C3H5ClO.CH2O3.2K.H/c1-2-16(23)22-15(6-4-8-21-9-11-24-12-10-21)19-17(20-22)14-5-3-7-18-13-14;1-3-12(11-15-5-1)14-16-13(17-18-14)4-2-6-19-7-9-20-10-8-19;1-3-13-10(14-4-2)9-11-5-7-12-8-6-11;1-3-8-6(5-7)9-4-2;8-4-1-7-2-5-9-6-3-7;1-4-7(5-2)6-3;1-2-4-6-5-3-1;1-2-3(4)5;2-1-4-3;;;/h3,5,7,13H,2,4,6,8-12H2,1H3;1,3,5,11H,2,4,6-10H2,(H,16,17,18);10H,3-9H2,1-2H3;6H,3-5H2,1-2H3;4H,1-3,5-6H2;4-6H2,1-3H3;1-5H2;2H2,1H3;1,3H;;;/q;;;;;;;;;2*+1;-1/p-1. The number of aromatic amines is 1. The summed E-state index contributed by atoms with van der Waals surface area (Å²) < 4.78 is 48.9. The van der Waals surface area contributed by atoms with E-state index < -0.39 is 0 Å². The SMILES string of the molecule is C1CCOCC1.CCC(=O)Cl.CCC(=O)n1nc(-c2cccnc2)nc1CCCN1CCOCC1.CCN(CC)CC.CCOC(CBr)OCC.CCOC(CN1CCOCC1)OCC.O=CCN1CCOCC1.O=CO[O-].[H-].[K+].[K+].c1cncc(-c2n[nH]c(CCCN3CCOCC3)n2)c1. The number of carbonyl (C=O) groups excluding carboxylic acids is 4. The van der Waals surface area contributed by atoms with Crippen LogP contribution in [0.1, 0.15) is 125 Å². The van der Waals surface area contributed by atoms with Gasteiger partial charge in [-0.25, -0.2) is 9.97 Å². The zero-order valence-corrected chi connectivity index (χ0v) is 70.8. The quantitative estimate of drug-likeness (QED) is 0.0151. The third-order valence-corrected chi connectivity index (χ3v) is 15.6. The van der Waals surface area contributed by atoms with E-state index in [0.29, 0.717) is 51.6 Å². The number of H-pyrrole nitrogens is 1. The van der Waals surface area contributed by atoms with Crippen molar-refractivity contribution in [3.8, 4) is 22.8 Å². The van der Waals surface area contributed by atoms with E-state index in [4.69, 9.17) is 64.3 Å². The third-order valence-electron chi connectivity index (χ3n) is 14.8. The minimum atomic E-state index is -0.273. The number of nitrogens with zero attached hydrogens (tertiary/aromatic N) is 12. The van der Waals surface area contributed by atoms with Crippen LogP contribution in [0.5, 0.6) is 0 Å². The van der Waals surface area contributed by atoms with Gasteiger partial charge in [0.1, 0.15) is 17.9 Å². The van der Waals surface area contributed by atoms with Crippen molar-refractivity contribution in [1.82, 2.24) is 64.4 Å². The number of ether oxygens (including phenoxy) is 9. The molecular formula is C68H119BrClK2N13O15. The van der Waals surface area contributed by atoms with E-state index in [1.54, 1.807) is 31.7 Å². The Bertz CT molecular complexity index is 2450. The van der Waals surface area contributed by atoms with Gasteiger partial charge >= 0.3 is 103 Å². The Morgan fingerprint density at radius 3 is 1.41 bits per heavy atom. The number of aryl methyl sites for hydroxylation is 2. The smallest absolute Gasteiger partial charge is 1.00 e. The van der Waals surface area contributed by atoms with E-state index in [2.05, 4.69) is 101 Å². The summed E-state index contributed by atoms with van der Waals surface area (Å²) in [6.45, 7) is 44.0. The molecule has 9 rings (SSSR count). The molecule has 28 nitrogen and oxygen atoms in total. The molecule has 9 heterocycles. The molecule has 5 fully saturated rings. The molecule has 0 bridgehead atoms. The van der Waals surface area contributed by atoms with Crippen molar-refractivity contribution < 1.29 is 176 Å². The number of morpholine rings is 4. The monoisotopic (exact) mass is 1550 g/mol. The van der Waals surface area contributed by atoms with Crippen LogP contribution in [0.2, 0.25) is 0 Å². The van der Waals surface area contributed by atoms with Crippen LogP contribution in [0.4, 0.5) is 0 Å². The van der Waals surface area contributed by atoms with Crippen LogP contribution in [-0.2, 0) is 74.7 Å². The second kappa shape index (κ2) is 71.7. The largest absolute Gasteiger partial charge is 1.00 e. The molecule has 4 aromatic heterocycles.